The van der Waals surface area contributed by atoms with E-state index < -0.39 is 24.7 Å². The van der Waals surface area contributed by atoms with Crippen LogP contribution in [0.3, 0.4) is 0 Å². The van der Waals surface area contributed by atoms with Crippen molar-refractivity contribution in [1.82, 2.24) is 4.90 Å². The zero-order valence-corrected chi connectivity index (χ0v) is 11.6. The smallest absolute Gasteiger partial charge is 0.406 e. The minimum absolute atomic E-state index is 0.00512. The number of carboxylic acid groups (broad SMARTS) is 1. The lowest BCUT2D eigenvalue weighted by Gasteiger charge is -2.22. The van der Waals surface area contributed by atoms with Crippen LogP contribution in [-0.4, -0.2) is 41.3 Å². The van der Waals surface area contributed by atoms with Crippen LogP contribution in [0, 0.1) is 0 Å². The summed E-state index contributed by atoms with van der Waals surface area (Å²) in [7, 11) is 0. The highest BCUT2D eigenvalue weighted by molar-refractivity contribution is 6.31. The van der Waals surface area contributed by atoms with Gasteiger partial charge >= 0.3 is 18.2 Å². The van der Waals surface area contributed by atoms with Crippen LogP contribution >= 0.6 is 11.6 Å². The summed E-state index contributed by atoms with van der Waals surface area (Å²) in [6.07, 6.45) is -4.52. The van der Waals surface area contributed by atoms with Gasteiger partial charge in [-0.1, -0.05) is 11.6 Å². The zero-order valence-electron chi connectivity index (χ0n) is 10.9. The molecule has 0 unspecified atom stereocenters. The number of aromatic carboxylic acids is 1. The highest BCUT2D eigenvalue weighted by Crippen LogP contribution is 2.21. The molecule has 2 N–H and O–H groups in total. The Balaban J connectivity index is 2.89. The Morgan fingerprint density at radius 3 is 2.43 bits per heavy atom. The largest absolute Gasteiger partial charge is 0.478 e. The molecule has 1 aromatic carbocycles. The third-order valence-electron chi connectivity index (χ3n) is 2.44. The minimum Gasteiger partial charge on any atom is -0.478 e. The highest BCUT2D eigenvalue weighted by Gasteiger charge is 2.32. The summed E-state index contributed by atoms with van der Waals surface area (Å²) in [5.41, 5.74) is -0.179. The first kappa shape index (κ1) is 17.1. The third-order valence-corrected chi connectivity index (χ3v) is 2.65. The Hall–Kier alpha value is -1.96. The average Bonchev–Trinajstić information content (AvgIpc) is 2.33. The first-order valence-corrected chi connectivity index (χ1v) is 6.16. The number of halogens is 4. The summed E-state index contributed by atoms with van der Waals surface area (Å²) < 4.78 is 36.9. The Labute approximate surface area is 123 Å². The van der Waals surface area contributed by atoms with Gasteiger partial charge in [0.15, 0.2) is 0 Å². The topological polar surface area (TPSA) is 69.6 Å². The van der Waals surface area contributed by atoms with Gasteiger partial charge in [-0.05, 0) is 25.1 Å². The van der Waals surface area contributed by atoms with Crippen molar-refractivity contribution in [3.8, 4) is 0 Å². The van der Waals surface area contributed by atoms with Crippen LogP contribution in [0.4, 0.5) is 23.7 Å². The van der Waals surface area contributed by atoms with Crippen LogP contribution in [0.2, 0.25) is 5.02 Å². The summed E-state index contributed by atoms with van der Waals surface area (Å²) in [4.78, 5) is 23.1. The van der Waals surface area contributed by atoms with Gasteiger partial charge in [-0.25, -0.2) is 9.59 Å². The molecule has 0 spiro atoms. The van der Waals surface area contributed by atoms with E-state index in [1.54, 1.807) is 0 Å². The van der Waals surface area contributed by atoms with Crippen molar-refractivity contribution >= 4 is 29.3 Å². The van der Waals surface area contributed by atoms with E-state index in [1.807, 2.05) is 0 Å². The number of anilines is 1. The van der Waals surface area contributed by atoms with Gasteiger partial charge < -0.3 is 15.3 Å². The van der Waals surface area contributed by atoms with Gasteiger partial charge in [0.25, 0.3) is 0 Å². The predicted octanol–water partition coefficient (Wildman–Crippen LogP) is 3.45. The predicted molar refractivity (Wildman–Crippen MR) is 70.7 cm³/mol. The van der Waals surface area contributed by atoms with E-state index in [0.717, 1.165) is 12.1 Å². The zero-order chi connectivity index (χ0) is 16.2. The Morgan fingerprint density at radius 2 is 1.95 bits per heavy atom. The number of nitrogens with one attached hydrogen (secondary N) is 1. The maximum Gasteiger partial charge on any atom is 0.406 e. The van der Waals surface area contributed by atoms with Crippen LogP contribution in [0.25, 0.3) is 0 Å². The number of alkyl halides is 3. The number of nitrogens with zero attached hydrogens (tertiary/aromatic N) is 1. The molecule has 5 nitrogen and oxygen atoms in total. The average molecular weight is 325 g/mol. The number of carboxylic acids is 1. The molecule has 0 fully saturated rings. The maximum atomic E-state index is 12.3. The van der Waals surface area contributed by atoms with Crippen LogP contribution in [0.5, 0.6) is 0 Å². The maximum absolute atomic E-state index is 12.3. The van der Waals surface area contributed by atoms with Crippen LogP contribution in [0.15, 0.2) is 18.2 Å². The second-order valence-electron chi connectivity index (χ2n) is 4.09. The van der Waals surface area contributed by atoms with Gasteiger partial charge in [0.05, 0.1) is 5.56 Å². The molecule has 9 heteroatoms. The summed E-state index contributed by atoms with van der Waals surface area (Å²) in [6.45, 7) is -0.161. The number of amides is 2. The monoisotopic (exact) mass is 324 g/mol. The lowest BCUT2D eigenvalue weighted by molar-refractivity contribution is -0.139. The number of benzene rings is 1. The number of hydrogen-bond acceptors (Lipinski definition) is 2. The fraction of sp³-hybridized carbons (Fsp3) is 0.333. The van der Waals surface area contributed by atoms with Crippen molar-refractivity contribution in [2.24, 2.45) is 0 Å². The summed E-state index contributed by atoms with van der Waals surface area (Å²) in [5, 5.41) is 11.1. The second kappa shape index (κ2) is 6.66. The van der Waals surface area contributed by atoms with Gasteiger partial charge in [-0.15, -0.1) is 0 Å². The molecule has 0 aliphatic carbocycles. The number of carbonyl (C=O) groups is 2. The highest BCUT2D eigenvalue weighted by atomic mass is 35.5. The molecular weight excluding hydrogens is 313 g/mol. The van der Waals surface area contributed by atoms with Crippen molar-refractivity contribution in [2.45, 2.75) is 13.1 Å². The molecule has 0 aliphatic rings. The normalized spacial score (nSPS) is 11.1. The Kier molecular flexibility index (Phi) is 5.42. The molecule has 1 rings (SSSR count). The standard InChI is InChI=1S/C12H12ClF3N2O3/c1-2-18(6-12(14,15)16)11(21)17-9-4-7(10(19)20)3-8(13)5-9/h3-5H,2,6H2,1H3,(H,17,21)(H,19,20). The molecule has 0 bridgehead atoms. The number of hydrogen-bond donors (Lipinski definition) is 2. The minimum atomic E-state index is -4.52. The lowest BCUT2D eigenvalue weighted by atomic mass is 10.2. The Morgan fingerprint density at radius 1 is 1.33 bits per heavy atom. The van der Waals surface area contributed by atoms with Gasteiger partial charge in [0.2, 0.25) is 0 Å². The fourth-order valence-electron chi connectivity index (χ4n) is 1.53. The van der Waals surface area contributed by atoms with Gasteiger partial charge in [-0.3, -0.25) is 0 Å². The quantitative estimate of drug-likeness (QED) is 0.891. The third kappa shape index (κ3) is 5.50. The molecule has 0 aliphatic heterocycles. The molecule has 0 saturated heterocycles. The van der Waals surface area contributed by atoms with E-state index in [-0.39, 0.29) is 22.8 Å². The molecule has 1 aromatic rings. The van der Waals surface area contributed by atoms with Crippen molar-refractivity contribution in [3.05, 3.63) is 28.8 Å². The molecule has 2 amide bonds. The molecule has 0 heterocycles. The van der Waals surface area contributed by atoms with E-state index in [4.69, 9.17) is 16.7 Å². The van der Waals surface area contributed by atoms with Crippen LogP contribution in [0.1, 0.15) is 17.3 Å². The molecular formula is C12H12ClF3N2O3. The van der Waals surface area contributed by atoms with E-state index in [0.29, 0.717) is 4.90 Å². The van der Waals surface area contributed by atoms with Crippen molar-refractivity contribution in [2.75, 3.05) is 18.4 Å². The van der Waals surface area contributed by atoms with E-state index in [1.165, 1.54) is 13.0 Å². The van der Waals surface area contributed by atoms with Crippen molar-refractivity contribution in [3.63, 3.8) is 0 Å². The summed E-state index contributed by atoms with van der Waals surface area (Å²) in [5.74, 6) is -1.27. The molecule has 0 saturated carbocycles. The number of rotatable bonds is 4. The first-order chi connectivity index (χ1) is 9.62. The second-order valence-corrected chi connectivity index (χ2v) is 4.53. The van der Waals surface area contributed by atoms with Gasteiger partial charge in [0.1, 0.15) is 6.54 Å². The van der Waals surface area contributed by atoms with Crippen molar-refractivity contribution < 1.29 is 27.9 Å². The fourth-order valence-corrected chi connectivity index (χ4v) is 1.77. The first-order valence-electron chi connectivity index (χ1n) is 5.79. The SMILES string of the molecule is CCN(CC(F)(F)F)C(=O)Nc1cc(Cl)cc(C(=O)O)c1. The van der Waals surface area contributed by atoms with Gasteiger partial charge in [-0.2, -0.15) is 13.2 Å². The Bertz CT molecular complexity index is 549. The summed E-state index contributed by atoms with van der Waals surface area (Å²) in [6, 6.07) is 2.52. The van der Waals surface area contributed by atoms with E-state index >= 15 is 0 Å². The van der Waals surface area contributed by atoms with Crippen LogP contribution < -0.4 is 5.32 Å². The molecule has 116 valence electrons. The molecule has 0 radical (unpaired) electrons. The number of urea groups is 1. The molecule has 21 heavy (non-hydrogen) atoms. The molecule has 0 atom stereocenters. The van der Waals surface area contributed by atoms with Crippen LogP contribution in [-0.2, 0) is 0 Å². The summed E-state index contributed by atoms with van der Waals surface area (Å²) >= 11 is 5.69. The van der Waals surface area contributed by atoms with E-state index in [2.05, 4.69) is 5.32 Å². The van der Waals surface area contributed by atoms with Gasteiger partial charge in [0, 0.05) is 17.3 Å². The number of carbonyl (C=O) groups excluding carboxylic acids is 1. The van der Waals surface area contributed by atoms with Crippen molar-refractivity contribution in [1.29, 1.82) is 0 Å². The lowest BCUT2D eigenvalue weighted by Crippen LogP contribution is -2.41. The van der Waals surface area contributed by atoms with E-state index in [9.17, 15) is 22.8 Å². The molecule has 0 aromatic heterocycles.